The van der Waals surface area contributed by atoms with Crippen LogP contribution in [0.3, 0.4) is 0 Å². The summed E-state index contributed by atoms with van der Waals surface area (Å²) in [6, 6.07) is 9.61. The van der Waals surface area contributed by atoms with Crippen molar-refractivity contribution >= 4 is 0 Å². The molecule has 1 N–H and O–H groups in total. The Balaban J connectivity index is 2.12. The lowest BCUT2D eigenvalue weighted by atomic mass is 9.87. The van der Waals surface area contributed by atoms with Crippen molar-refractivity contribution in [3.8, 4) is 0 Å². The minimum Gasteiger partial charge on any atom is -0.378 e. The van der Waals surface area contributed by atoms with E-state index in [2.05, 4.69) is 57.3 Å². The Hall–Kier alpha value is -0.860. The van der Waals surface area contributed by atoms with Crippen LogP contribution in [0.5, 0.6) is 0 Å². The summed E-state index contributed by atoms with van der Waals surface area (Å²) in [5.74, 6) is 1.31. The van der Waals surface area contributed by atoms with Gasteiger partial charge in [-0.15, -0.1) is 0 Å². The number of hydrogen-bond acceptors (Lipinski definition) is 2. The molecule has 0 bridgehead atoms. The normalized spacial score (nSPS) is 24.2. The summed E-state index contributed by atoms with van der Waals surface area (Å²) in [4.78, 5) is 0. The smallest absolute Gasteiger partial charge is 0.0594 e. The molecule has 0 amide bonds. The Morgan fingerprint density at radius 2 is 1.95 bits per heavy atom. The highest BCUT2D eigenvalue weighted by Gasteiger charge is 2.32. The van der Waals surface area contributed by atoms with Crippen LogP contribution < -0.4 is 5.32 Å². The summed E-state index contributed by atoms with van der Waals surface area (Å²) < 4.78 is 5.75. The maximum atomic E-state index is 5.75. The van der Waals surface area contributed by atoms with E-state index < -0.39 is 0 Å². The molecule has 1 fully saturated rings. The van der Waals surface area contributed by atoms with Gasteiger partial charge in [-0.25, -0.2) is 0 Å². The van der Waals surface area contributed by atoms with Gasteiger partial charge in [-0.1, -0.05) is 45.0 Å². The first-order chi connectivity index (χ1) is 9.61. The van der Waals surface area contributed by atoms with Gasteiger partial charge in [-0.2, -0.15) is 0 Å². The standard InChI is InChI=1S/C18H29NO/c1-5-19-18(17-10-11-20-14(17)4)16-8-6-15(7-9-16)12-13(2)3/h6-9,13-14,17-19H,5,10-12H2,1-4H3. The lowest BCUT2D eigenvalue weighted by Gasteiger charge is -2.27. The largest absolute Gasteiger partial charge is 0.378 e. The van der Waals surface area contributed by atoms with Gasteiger partial charge < -0.3 is 10.1 Å². The van der Waals surface area contributed by atoms with Crippen LogP contribution in [0.1, 0.15) is 51.3 Å². The van der Waals surface area contributed by atoms with Crippen molar-refractivity contribution in [2.75, 3.05) is 13.2 Å². The monoisotopic (exact) mass is 275 g/mol. The molecule has 1 aliphatic rings. The molecule has 2 heteroatoms. The summed E-state index contributed by atoms with van der Waals surface area (Å²) in [5, 5.41) is 3.65. The highest BCUT2D eigenvalue weighted by Crippen LogP contribution is 2.33. The first-order valence-electron chi connectivity index (χ1n) is 8.05. The summed E-state index contributed by atoms with van der Waals surface area (Å²) in [6.07, 6.45) is 2.68. The molecule has 2 rings (SSSR count). The van der Waals surface area contributed by atoms with Crippen LogP contribution >= 0.6 is 0 Å². The molecule has 112 valence electrons. The molecule has 0 aromatic heterocycles. The van der Waals surface area contributed by atoms with Crippen LogP contribution in [0.2, 0.25) is 0 Å². The SMILES string of the molecule is CCNC(c1ccc(CC(C)C)cc1)C1CCOC1C. The van der Waals surface area contributed by atoms with Gasteiger partial charge in [-0.05, 0) is 43.4 Å². The summed E-state index contributed by atoms with van der Waals surface area (Å²) >= 11 is 0. The van der Waals surface area contributed by atoms with E-state index in [-0.39, 0.29) is 0 Å². The lowest BCUT2D eigenvalue weighted by Crippen LogP contribution is -2.31. The molecule has 3 unspecified atom stereocenters. The third-order valence-electron chi connectivity index (χ3n) is 4.27. The van der Waals surface area contributed by atoms with E-state index in [4.69, 9.17) is 4.74 Å². The number of nitrogens with one attached hydrogen (secondary N) is 1. The summed E-state index contributed by atoms with van der Waals surface area (Å²) in [7, 11) is 0. The predicted octanol–water partition coefficient (Wildman–Crippen LogP) is 3.96. The van der Waals surface area contributed by atoms with E-state index >= 15 is 0 Å². The van der Waals surface area contributed by atoms with E-state index in [0.29, 0.717) is 24.0 Å². The fraction of sp³-hybridized carbons (Fsp3) is 0.667. The van der Waals surface area contributed by atoms with Crippen LogP contribution in [-0.4, -0.2) is 19.3 Å². The number of ether oxygens (including phenoxy) is 1. The number of rotatable bonds is 6. The Morgan fingerprint density at radius 1 is 1.25 bits per heavy atom. The number of hydrogen-bond donors (Lipinski definition) is 1. The minimum atomic E-state index is 0.356. The van der Waals surface area contributed by atoms with Gasteiger partial charge in [0.2, 0.25) is 0 Å². The van der Waals surface area contributed by atoms with Crippen LogP contribution in [0.25, 0.3) is 0 Å². The molecule has 1 saturated heterocycles. The second kappa shape index (κ2) is 7.24. The molecule has 1 aromatic carbocycles. The fourth-order valence-corrected chi connectivity index (χ4v) is 3.25. The second-order valence-electron chi connectivity index (χ2n) is 6.40. The Bertz CT molecular complexity index is 398. The van der Waals surface area contributed by atoms with Crippen LogP contribution in [0, 0.1) is 11.8 Å². The molecule has 0 spiro atoms. The maximum absolute atomic E-state index is 5.75. The van der Waals surface area contributed by atoms with E-state index in [1.165, 1.54) is 11.1 Å². The molecule has 1 aromatic rings. The molecule has 2 nitrogen and oxygen atoms in total. The quantitative estimate of drug-likeness (QED) is 0.848. The van der Waals surface area contributed by atoms with Crippen molar-refractivity contribution in [1.82, 2.24) is 5.32 Å². The van der Waals surface area contributed by atoms with Gasteiger partial charge in [0.25, 0.3) is 0 Å². The molecular formula is C18H29NO. The van der Waals surface area contributed by atoms with E-state index in [0.717, 1.165) is 26.0 Å². The van der Waals surface area contributed by atoms with Crippen LogP contribution in [0.15, 0.2) is 24.3 Å². The summed E-state index contributed by atoms with van der Waals surface area (Å²) in [6.45, 7) is 10.8. The second-order valence-corrected chi connectivity index (χ2v) is 6.40. The lowest BCUT2D eigenvalue weighted by molar-refractivity contribution is 0.0956. The van der Waals surface area contributed by atoms with Crippen molar-refractivity contribution in [3.05, 3.63) is 35.4 Å². The Kier molecular flexibility index (Phi) is 5.62. The van der Waals surface area contributed by atoms with Crippen molar-refractivity contribution in [2.45, 2.75) is 52.7 Å². The topological polar surface area (TPSA) is 21.3 Å². The van der Waals surface area contributed by atoms with Gasteiger partial charge in [0.1, 0.15) is 0 Å². The van der Waals surface area contributed by atoms with E-state index in [1.807, 2.05) is 0 Å². The van der Waals surface area contributed by atoms with Gasteiger partial charge >= 0.3 is 0 Å². The molecule has 1 aliphatic heterocycles. The summed E-state index contributed by atoms with van der Waals surface area (Å²) in [5.41, 5.74) is 2.84. The molecule has 0 radical (unpaired) electrons. The van der Waals surface area contributed by atoms with Gasteiger partial charge in [0, 0.05) is 18.6 Å². The first-order valence-corrected chi connectivity index (χ1v) is 8.05. The predicted molar refractivity (Wildman–Crippen MR) is 84.9 cm³/mol. The van der Waals surface area contributed by atoms with E-state index in [9.17, 15) is 0 Å². The molecule has 3 atom stereocenters. The number of benzene rings is 1. The molecule has 20 heavy (non-hydrogen) atoms. The zero-order valence-electron chi connectivity index (χ0n) is 13.4. The van der Waals surface area contributed by atoms with Gasteiger partial charge in [-0.3, -0.25) is 0 Å². The van der Waals surface area contributed by atoms with Crippen LogP contribution in [-0.2, 0) is 11.2 Å². The Labute approximate surface area is 123 Å². The van der Waals surface area contributed by atoms with Gasteiger partial charge in [0.05, 0.1) is 6.10 Å². The van der Waals surface area contributed by atoms with Crippen molar-refractivity contribution in [2.24, 2.45) is 11.8 Å². The van der Waals surface area contributed by atoms with Crippen molar-refractivity contribution in [1.29, 1.82) is 0 Å². The zero-order chi connectivity index (χ0) is 14.5. The highest BCUT2D eigenvalue weighted by atomic mass is 16.5. The fourth-order valence-electron chi connectivity index (χ4n) is 3.25. The third kappa shape index (κ3) is 3.83. The van der Waals surface area contributed by atoms with Gasteiger partial charge in [0.15, 0.2) is 0 Å². The first kappa shape index (κ1) is 15.5. The van der Waals surface area contributed by atoms with Crippen molar-refractivity contribution < 1.29 is 4.74 Å². The average molecular weight is 275 g/mol. The minimum absolute atomic E-state index is 0.356. The molecular weight excluding hydrogens is 246 g/mol. The molecule has 0 aliphatic carbocycles. The van der Waals surface area contributed by atoms with Crippen molar-refractivity contribution in [3.63, 3.8) is 0 Å². The average Bonchev–Trinajstić information content (AvgIpc) is 2.83. The highest BCUT2D eigenvalue weighted by molar-refractivity contribution is 5.26. The molecule has 0 saturated carbocycles. The maximum Gasteiger partial charge on any atom is 0.0594 e. The zero-order valence-corrected chi connectivity index (χ0v) is 13.4. The third-order valence-corrected chi connectivity index (χ3v) is 4.27. The van der Waals surface area contributed by atoms with E-state index in [1.54, 1.807) is 0 Å². The van der Waals surface area contributed by atoms with Crippen LogP contribution in [0.4, 0.5) is 0 Å². The molecule has 1 heterocycles. The Morgan fingerprint density at radius 3 is 2.45 bits per heavy atom.